The summed E-state index contributed by atoms with van der Waals surface area (Å²) in [4.78, 5) is 0. The van der Waals surface area contributed by atoms with Crippen LogP contribution in [0, 0.1) is 25.7 Å². The van der Waals surface area contributed by atoms with Crippen LogP contribution in [0.5, 0.6) is 0 Å². The lowest BCUT2D eigenvalue weighted by Crippen LogP contribution is -2.32. The lowest BCUT2D eigenvalue weighted by molar-refractivity contribution is 0.0462. The predicted octanol–water partition coefficient (Wildman–Crippen LogP) is 3.16. The van der Waals surface area contributed by atoms with Gasteiger partial charge in [-0.1, -0.05) is 32.6 Å². The molecule has 1 heterocycles. The van der Waals surface area contributed by atoms with Gasteiger partial charge < -0.3 is 5.11 Å². The summed E-state index contributed by atoms with van der Waals surface area (Å²) in [5.74, 6) is 1.19. The quantitative estimate of drug-likeness (QED) is 0.907. The van der Waals surface area contributed by atoms with E-state index in [4.69, 9.17) is 0 Å². The third-order valence-electron chi connectivity index (χ3n) is 5.06. The molecule has 0 radical (unpaired) electrons. The largest absolute Gasteiger partial charge is 0.392 e. The summed E-state index contributed by atoms with van der Waals surface area (Å²) < 4.78 is 1.93. The van der Waals surface area contributed by atoms with Crippen LogP contribution in [0.15, 0.2) is 0 Å². The molecule has 19 heavy (non-hydrogen) atoms. The summed E-state index contributed by atoms with van der Waals surface area (Å²) in [5.41, 5.74) is 3.51. The Morgan fingerprint density at radius 3 is 2.58 bits per heavy atom. The number of aliphatic hydroxyl groups excluding tert-OH is 1. The highest BCUT2D eigenvalue weighted by Crippen LogP contribution is 2.35. The second-order valence-electron chi connectivity index (χ2n) is 6.16. The molecule has 0 aliphatic heterocycles. The number of hydrogen-bond acceptors (Lipinski definition) is 2. The monoisotopic (exact) mass is 264 g/mol. The Morgan fingerprint density at radius 2 is 2.00 bits per heavy atom. The first kappa shape index (κ1) is 14.6. The molecule has 108 valence electrons. The van der Waals surface area contributed by atoms with Crippen molar-refractivity contribution in [2.75, 3.05) is 0 Å². The summed E-state index contributed by atoms with van der Waals surface area (Å²) in [5, 5.41) is 15.1. The van der Waals surface area contributed by atoms with Crippen LogP contribution < -0.4 is 0 Å². The van der Waals surface area contributed by atoms with Gasteiger partial charge in [0.25, 0.3) is 0 Å². The highest BCUT2D eigenvalue weighted by Gasteiger charge is 2.30. The highest BCUT2D eigenvalue weighted by atomic mass is 16.3. The minimum absolute atomic E-state index is 0.202. The molecule has 0 spiro atoms. The maximum absolute atomic E-state index is 10.7. The zero-order valence-electron chi connectivity index (χ0n) is 12.8. The molecule has 1 aliphatic rings. The van der Waals surface area contributed by atoms with E-state index in [1.54, 1.807) is 0 Å². The Kier molecular flexibility index (Phi) is 4.67. The molecule has 0 aromatic carbocycles. The Morgan fingerprint density at radius 1 is 1.32 bits per heavy atom. The zero-order chi connectivity index (χ0) is 14.0. The fourth-order valence-electron chi connectivity index (χ4n) is 3.72. The van der Waals surface area contributed by atoms with Crippen molar-refractivity contribution in [1.29, 1.82) is 0 Å². The van der Waals surface area contributed by atoms with Crippen molar-refractivity contribution < 1.29 is 5.11 Å². The van der Waals surface area contributed by atoms with E-state index in [1.165, 1.54) is 43.4 Å². The number of aliphatic hydroxyl groups is 1. The van der Waals surface area contributed by atoms with Crippen LogP contribution in [0.3, 0.4) is 0 Å². The van der Waals surface area contributed by atoms with Gasteiger partial charge in [-0.25, -0.2) is 0 Å². The molecule has 3 atom stereocenters. The molecule has 3 nitrogen and oxygen atoms in total. The van der Waals surface area contributed by atoms with Crippen LogP contribution >= 0.6 is 0 Å². The van der Waals surface area contributed by atoms with Gasteiger partial charge in [0.05, 0.1) is 11.8 Å². The lowest BCUT2D eigenvalue weighted by Gasteiger charge is -2.34. The normalized spacial score (nSPS) is 25.5. The van der Waals surface area contributed by atoms with Crippen LogP contribution in [0.25, 0.3) is 0 Å². The second kappa shape index (κ2) is 6.08. The molecule has 1 fully saturated rings. The number of aryl methyl sites for hydroxylation is 2. The average molecular weight is 264 g/mol. The van der Waals surface area contributed by atoms with Crippen molar-refractivity contribution in [2.24, 2.45) is 18.9 Å². The van der Waals surface area contributed by atoms with E-state index in [0.717, 1.165) is 12.1 Å². The Hall–Kier alpha value is -0.830. The van der Waals surface area contributed by atoms with Gasteiger partial charge in [-0.05, 0) is 37.7 Å². The number of hydrogen-bond donors (Lipinski definition) is 1. The first-order chi connectivity index (χ1) is 9.04. The summed E-state index contributed by atoms with van der Waals surface area (Å²) in [6.45, 7) is 6.41. The Labute approximate surface area is 117 Å². The van der Waals surface area contributed by atoms with Gasteiger partial charge in [0.2, 0.25) is 0 Å². The molecule has 1 aromatic rings. The second-order valence-corrected chi connectivity index (χ2v) is 6.16. The number of aromatic nitrogens is 2. The van der Waals surface area contributed by atoms with Crippen molar-refractivity contribution >= 4 is 0 Å². The standard InChI is InChI=1S/C16H28N2O/c1-5-13-8-6-7-9-14(13)16(19)10-15-11(2)17-18(4)12(15)3/h13-14,16,19H,5-10H2,1-4H3. The minimum atomic E-state index is -0.202. The fourth-order valence-corrected chi connectivity index (χ4v) is 3.72. The van der Waals surface area contributed by atoms with Gasteiger partial charge in [-0.3, -0.25) is 4.68 Å². The molecule has 2 rings (SSSR count). The molecule has 1 aromatic heterocycles. The topological polar surface area (TPSA) is 38.1 Å². The maximum atomic E-state index is 10.7. The summed E-state index contributed by atoms with van der Waals surface area (Å²) >= 11 is 0. The minimum Gasteiger partial charge on any atom is -0.392 e. The summed E-state index contributed by atoms with van der Waals surface area (Å²) in [6, 6.07) is 0. The molecule has 0 bridgehead atoms. The van der Waals surface area contributed by atoms with Crippen LogP contribution in [-0.4, -0.2) is 21.0 Å². The van der Waals surface area contributed by atoms with Crippen LogP contribution in [0.1, 0.15) is 56.0 Å². The first-order valence-corrected chi connectivity index (χ1v) is 7.71. The van der Waals surface area contributed by atoms with Crippen molar-refractivity contribution in [1.82, 2.24) is 9.78 Å². The van der Waals surface area contributed by atoms with Gasteiger partial charge >= 0.3 is 0 Å². The molecule has 0 saturated heterocycles. The number of rotatable bonds is 4. The highest BCUT2D eigenvalue weighted by molar-refractivity contribution is 5.25. The van der Waals surface area contributed by atoms with E-state index in [2.05, 4.69) is 18.9 Å². The van der Waals surface area contributed by atoms with Gasteiger partial charge in [0.15, 0.2) is 0 Å². The molecular weight excluding hydrogens is 236 g/mol. The number of nitrogens with zero attached hydrogens (tertiary/aromatic N) is 2. The van der Waals surface area contributed by atoms with E-state index in [-0.39, 0.29) is 6.10 Å². The summed E-state index contributed by atoms with van der Waals surface area (Å²) in [6.07, 6.45) is 6.88. The Bertz CT molecular complexity index is 425. The Balaban J connectivity index is 2.09. The SMILES string of the molecule is CCC1CCCCC1C(O)Cc1c(C)nn(C)c1C. The molecular formula is C16H28N2O. The molecule has 1 N–H and O–H groups in total. The van der Waals surface area contributed by atoms with Crippen molar-refractivity contribution in [3.05, 3.63) is 17.0 Å². The molecule has 0 amide bonds. The van der Waals surface area contributed by atoms with Gasteiger partial charge in [-0.2, -0.15) is 5.10 Å². The fraction of sp³-hybridized carbons (Fsp3) is 0.812. The average Bonchev–Trinajstić information content (AvgIpc) is 2.65. The summed E-state index contributed by atoms with van der Waals surface area (Å²) in [7, 11) is 1.98. The molecule has 1 aliphatic carbocycles. The molecule has 1 saturated carbocycles. The predicted molar refractivity (Wildman–Crippen MR) is 78.1 cm³/mol. The van der Waals surface area contributed by atoms with E-state index in [1.807, 2.05) is 18.7 Å². The van der Waals surface area contributed by atoms with Crippen molar-refractivity contribution in [2.45, 2.75) is 65.4 Å². The lowest BCUT2D eigenvalue weighted by atomic mass is 9.74. The van der Waals surface area contributed by atoms with Gasteiger partial charge in [-0.15, -0.1) is 0 Å². The van der Waals surface area contributed by atoms with E-state index < -0.39 is 0 Å². The maximum Gasteiger partial charge on any atom is 0.0629 e. The van der Waals surface area contributed by atoms with Gasteiger partial charge in [0, 0.05) is 19.2 Å². The van der Waals surface area contributed by atoms with Gasteiger partial charge in [0.1, 0.15) is 0 Å². The third-order valence-corrected chi connectivity index (χ3v) is 5.06. The van der Waals surface area contributed by atoms with E-state index in [9.17, 15) is 5.11 Å². The smallest absolute Gasteiger partial charge is 0.0629 e. The van der Waals surface area contributed by atoms with Crippen LogP contribution in [0.4, 0.5) is 0 Å². The van der Waals surface area contributed by atoms with Crippen molar-refractivity contribution in [3.63, 3.8) is 0 Å². The zero-order valence-corrected chi connectivity index (χ0v) is 12.8. The van der Waals surface area contributed by atoms with E-state index >= 15 is 0 Å². The third kappa shape index (κ3) is 3.02. The van der Waals surface area contributed by atoms with E-state index in [0.29, 0.717) is 11.8 Å². The molecule has 3 unspecified atom stereocenters. The molecule has 3 heteroatoms. The first-order valence-electron chi connectivity index (χ1n) is 7.71. The van der Waals surface area contributed by atoms with Crippen molar-refractivity contribution in [3.8, 4) is 0 Å². The van der Waals surface area contributed by atoms with Crippen LogP contribution in [-0.2, 0) is 13.5 Å². The van der Waals surface area contributed by atoms with Crippen LogP contribution in [0.2, 0.25) is 0 Å².